The molecular weight excluding hydrogens is 408 g/mol. The molecule has 29 heavy (non-hydrogen) atoms. The summed E-state index contributed by atoms with van der Waals surface area (Å²) in [7, 11) is -3.78. The number of nitrogens with zero attached hydrogens (tertiary/aromatic N) is 2. The molecule has 0 aromatic heterocycles. The molecule has 2 aromatic rings. The zero-order valence-corrected chi connectivity index (χ0v) is 17.5. The number of hydrogen-bond acceptors (Lipinski definition) is 5. The molecule has 8 heteroatoms. The molecule has 0 spiro atoms. The lowest BCUT2D eigenvalue weighted by molar-refractivity contribution is 0.324. The number of hydrogen-bond donors (Lipinski definition) is 2. The van der Waals surface area contributed by atoms with Crippen LogP contribution in [0.2, 0.25) is 5.02 Å². The van der Waals surface area contributed by atoms with Crippen molar-refractivity contribution in [3.8, 4) is 6.07 Å². The van der Waals surface area contributed by atoms with Gasteiger partial charge in [0.15, 0.2) is 0 Å². The van der Waals surface area contributed by atoms with E-state index in [4.69, 9.17) is 16.9 Å². The third kappa shape index (κ3) is 5.09. The fraction of sp³-hybridized carbons (Fsp3) is 0.381. The molecule has 6 nitrogen and oxygen atoms in total. The van der Waals surface area contributed by atoms with Crippen LogP contribution in [-0.2, 0) is 16.6 Å². The Bertz CT molecular complexity index is 1030. The summed E-state index contributed by atoms with van der Waals surface area (Å²) in [6, 6.07) is 15.1. The predicted octanol–water partition coefficient (Wildman–Crippen LogP) is 3.34. The second-order valence-corrected chi connectivity index (χ2v) is 9.80. The highest BCUT2D eigenvalue weighted by Crippen LogP contribution is 2.26. The summed E-state index contributed by atoms with van der Waals surface area (Å²) in [5.41, 5.74) is 2.63. The molecule has 1 saturated heterocycles. The molecule has 2 aliphatic rings. The number of anilines is 1. The minimum Gasteiger partial charge on any atom is -0.382 e. The van der Waals surface area contributed by atoms with Gasteiger partial charge < -0.3 is 5.32 Å². The van der Waals surface area contributed by atoms with Gasteiger partial charge in [-0.05, 0) is 55.2 Å². The van der Waals surface area contributed by atoms with E-state index < -0.39 is 10.0 Å². The van der Waals surface area contributed by atoms with Gasteiger partial charge in [0.1, 0.15) is 4.90 Å². The normalized spacial score (nSPS) is 19.8. The van der Waals surface area contributed by atoms with E-state index in [0.717, 1.165) is 25.2 Å². The number of halogens is 1. The van der Waals surface area contributed by atoms with Gasteiger partial charge in [-0.15, -0.1) is 0 Å². The van der Waals surface area contributed by atoms with Gasteiger partial charge in [-0.3, -0.25) is 4.90 Å². The molecule has 1 aliphatic heterocycles. The van der Waals surface area contributed by atoms with Crippen molar-refractivity contribution in [2.24, 2.45) is 0 Å². The summed E-state index contributed by atoms with van der Waals surface area (Å²) < 4.78 is 28.2. The molecule has 2 N–H and O–H groups in total. The maximum atomic E-state index is 12.7. The predicted molar refractivity (Wildman–Crippen MR) is 113 cm³/mol. The van der Waals surface area contributed by atoms with Gasteiger partial charge in [0.05, 0.1) is 16.7 Å². The molecule has 0 unspecified atom stereocenters. The Morgan fingerprint density at radius 3 is 2.55 bits per heavy atom. The SMILES string of the molecule is N#Cc1ccc(Cl)c(S(=O)(=O)N[C@@H]2CCN(Cc3ccc(NC4CC4)cc3)C2)c1. The van der Waals surface area contributed by atoms with E-state index in [1.54, 1.807) is 0 Å². The van der Waals surface area contributed by atoms with Gasteiger partial charge in [-0.25, -0.2) is 13.1 Å². The third-order valence-electron chi connectivity index (χ3n) is 5.25. The summed E-state index contributed by atoms with van der Waals surface area (Å²) >= 11 is 6.06. The Kier molecular flexibility index (Phi) is 5.79. The Labute approximate surface area is 176 Å². The van der Waals surface area contributed by atoms with Gasteiger partial charge >= 0.3 is 0 Å². The first kappa shape index (κ1) is 20.2. The van der Waals surface area contributed by atoms with E-state index in [-0.39, 0.29) is 21.5 Å². The Morgan fingerprint density at radius 1 is 1.10 bits per heavy atom. The van der Waals surface area contributed by atoms with Crippen molar-refractivity contribution in [2.45, 2.75) is 42.8 Å². The number of sulfonamides is 1. The van der Waals surface area contributed by atoms with Crippen LogP contribution in [0, 0.1) is 11.3 Å². The van der Waals surface area contributed by atoms with Crippen LogP contribution in [-0.4, -0.2) is 38.5 Å². The molecule has 1 aliphatic carbocycles. The highest BCUT2D eigenvalue weighted by Gasteiger charge is 2.28. The Balaban J connectivity index is 1.35. The monoisotopic (exact) mass is 430 g/mol. The van der Waals surface area contributed by atoms with Crippen LogP contribution in [0.15, 0.2) is 47.4 Å². The molecule has 2 aromatic carbocycles. The zero-order valence-electron chi connectivity index (χ0n) is 15.9. The van der Waals surface area contributed by atoms with Crippen molar-refractivity contribution in [2.75, 3.05) is 18.4 Å². The smallest absolute Gasteiger partial charge is 0.242 e. The van der Waals surface area contributed by atoms with Crippen LogP contribution in [0.25, 0.3) is 0 Å². The van der Waals surface area contributed by atoms with Gasteiger partial charge in [0.25, 0.3) is 0 Å². The van der Waals surface area contributed by atoms with Crippen LogP contribution in [0.5, 0.6) is 0 Å². The van der Waals surface area contributed by atoms with E-state index in [0.29, 0.717) is 12.6 Å². The second kappa shape index (κ2) is 8.33. The zero-order chi connectivity index (χ0) is 20.4. The first-order valence-electron chi connectivity index (χ1n) is 9.73. The summed E-state index contributed by atoms with van der Waals surface area (Å²) in [5.74, 6) is 0. The standard InChI is InChI=1S/C21H23ClN4O2S/c22-20-8-3-16(12-23)11-21(20)29(27,28)25-19-9-10-26(14-19)13-15-1-4-17(5-2-15)24-18-6-7-18/h1-5,8,11,18-19,24-25H,6-7,9-10,13-14H2/t19-/m1/s1. The van der Waals surface area contributed by atoms with E-state index in [9.17, 15) is 8.42 Å². The maximum absolute atomic E-state index is 12.7. The lowest BCUT2D eigenvalue weighted by Crippen LogP contribution is -2.37. The van der Waals surface area contributed by atoms with E-state index in [1.807, 2.05) is 6.07 Å². The highest BCUT2D eigenvalue weighted by molar-refractivity contribution is 7.89. The highest BCUT2D eigenvalue weighted by atomic mass is 35.5. The van der Waals surface area contributed by atoms with Crippen molar-refractivity contribution in [1.82, 2.24) is 9.62 Å². The molecule has 152 valence electrons. The lowest BCUT2D eigenvalue weighted by atomic mass is 10.2. The molecule has 4 rings (SSSR count). The van der Waals surface area contributed by atoms with Gasteiger partial charge in [-0.1, -0.05) is 23.7 Å². The quantitative estimate of drug-likeness (QED) is 0.703. The van der Waals surface area contributed by atoms with Crippen molar-refractivity contribution < 1.29 is 8.42 Å². The van der Waals surface area contributed by atoms with E-state index in [1.165, 1.54) is 36.6 Å². The molecule has 1 atom stereocenters. The van der Waals surface area contributed by atoms with Gasteiger partial charge in [-0.2, -0.15) is 5.26 Å². The van der Waals surface area contributed by atoms with Crippen LogP contribution in [0.1, 0.15) is 30.4 Å². The van der Waals surface area contributed by atoms with Gasteiger partial charge in [0.2, 0.25) is 10.0 Å². The minimum atomic E-state index is -3.78. The molecule has 1 heterocycles. The third-order valence-corrected chi connectivity index (χ3v) is 7.25. The molecule has 2 fully saturated rings. The second-order valence-electron chi connectivity index (χ2n) is 7.71. The van der Waals surface area contributed by atoms with E-state index >= 15 is 0 Å². The molecular formula is C21H23ClN4O2S. The largest absolute Gasteiger partial charge is 0.382 e. The van der Waals surface area contributed by atoms with Crippen molar-refractivity contribution in [1.29, 1.82) is 5.26 Å². The molecule has 0 radical (unpaired) electrons. The Hall–Kier alpha value is -2.11. The van der Waals surface area contributed by atoms with Gasteiger partial charge in [0, 0.05) is 37.4 Å². The fourth-order valence-corrected chi connectivity index (χ4v) is 5.35. The van der Waals surface area contributed by atoms with Crippen molar-refractivity contribution >= 4 is 27.3 Å². The van der Waals surface area contributed by atoms with Crippen molar-refractivity contribution in [3.05, 3.63) is 58.6 Å². The van der Waals surface area contributed by atoms with Crippen LogP contribution >= 0.6 is 11.6 Å². The number of nitriles is 1. The number of likely N-dealkylation sites (tertiary alicyclic amines) is 1. The number of rotatable bonds is 7. The van der Waals surface area contributed by atoms with Crippen LogP contribution in [0.4, 0.5) is 5.69 Å². The Morgan fingerprint density at radius 2 is 1.86 bits per heavy atom. The minimum absolute atomic E-state index is 0.0459. The summed E-state index contributed by atoms with van der Waals surface area (Å²) in [4.78, 5) is 2.19. The number of nitrogens with one attached hydrogen (secondary N) is 2. The summed E-state index contributed by atoms with van der Waals surface area (Å²) in [6.45, 7) is 2.24. The molecule has 0 amide bonds. The molecule has 0 bridgehead atoms. The first-order chi connectivity index (χ1) is 13.9. The average molecular weight is 431 g/mol. The topological polar surface area (TPSA) is 85.2 Å². The van der Waals surface area contributed by atoms with E-state index in [2.05, 4.69) is 39.2 Å². The average Bonchev–Trinajstić information content (AvgIpc) is 3.41. The fourth-order valence-electron chi connectivity index (χ4n) is 3.56. The summed E-state index contributed by atoms with van der Waals surface area (Å²) in [6.07, 6.45) is 3.23. The lowest BCUT2D eigenvalue weighted by Gasteiger charge is -2.17. The van der Waals surface area contributed by atoms with Crippen LogP contribution in [0.3, 0.4) is 0 Å². The number of benzene rings is 2. The summed E-state index contributed by atoms with van der Waals surface area (Å²) in [5, 5.41) is 12.6. The van der Waals surface area contributed by atoms with Crippen molar-refractivity contribution in [3.63, 3.8) is 0 Å². The van der Waals surface area contributed by atoms with Crippen LogP contribution < -0.4 is 10.0 Å². The maximum Gasteiger partial charge on any atom is 0.242 e. The first-order valence-corrected chi connectivity index (χ1v) is 11.6. The molecule has 1 saturated carbocycles.